The summed E-state index contributed by atoms with van der Waals surface area (Å²) in [6.07, 6.45) is 3.73. The number of anilines is 2. The third-order valence-corrected chi connectivity index (χ3v) is 3.12. The summed E-state index contributed by atoms with van der Waals surface area (Å²) in [4.78, 5) is 6.49. The number of β-amino-alcohol motifs (C(OH)–C–C–N with tert-alkyl or cyclic N) is 1. The van der Waals surface area contributed by atoms with Crippen molar-refractivity contribution >= 4 is 11.5 Å². The fraction of sp³-hybridized carbons (Fsp3) is 0.615. The van der Waals surface area contributed by atoms with Crippen LogP contribution >= 0.6 is 0 Å². The van der Waals surface area contributed by atoms with Gasteiger partial charge in [0, 0.05) is 37.6 Å². The van der Waals surface area contributed by atoms with Crippen LogP contribution in [0.3, 0.4) is 0 Å². The summed E-state index contributed by atoms with van der Waals surface area (Å²) in [7, 11) is 0. The van der Waals surface area contributed by atoms with E-state index >= 15 is 0 Å². The monoisotopic (exact) mass is 235 g/mol. The van der Waals surface area contributed by atoms with Crippen LogP contribution in [-0.4, -0.2) is 35.3 Å². The molecule has 1 unspecified atom stereocenters. The molecular weight excluding hydrogens is 214 g/mol. The minimum absolute atomic E-state index is 0.555. The summed E-state index contributed by atoms with van der Waals surface area (Å²) < 4.78 is 0. The molecule has 1 fully saturated rings. The number of rotatable bonds is 4. The van der Waals surface area contributed by atoms with Gasteiger partial charge >= 0.3 is 0 Å². The van der Waals surface area contributed by atoms with E-state index in [0.29, 0.717) is 6.54 Å². The molecule has 2 heterocycles. The van der Waals surface area contributed by atoms with Gasteiger partial charge in [-0.2, -0.15) is 0 Å². The van der Waals surface area contributed by atoms with Crippen molar-refractivity contribution in [3.63, 3.8) is 0 Å². The molecule has 0 aromatic carbocycles. The number of nitrogens with zero attached hydrogens (tertiary/aromatic N) is 2. The summed E-state index contributed by atoms with van der Waals surface area (Å²) in [5.41, 5.74) is 0.580. The van der Waals surface area contributed by atoms with E-state index in [-0.39, 0.29) is 0 Å². The summed E-state index contributed by atoms with van der Waals surface area (Å²) >= 11 is 0. The Hall–Kier alpha value is -1.29. The highest BCUT2D eigenvalue weighted by Crippen LogP contribution is 2.27. The maximum Gasteiger partial charge on any atom is 0.127 e. The number of pyridine rings is 1. The highest BCUT2D eigenvalue weighted by Gasteiger charge is 2.31. The number of nitrogens with one attached hydrogen (secondary N) is 1. The lowest BCUT2D eigenvalue weighted by Gasteiger charge is -2.21. The molecule has 4 nitrogen and oxygen atoms in total. The van der Waals surface area contributed by atoms with E-state index in [1.807, 2.05) is 19.2 Å². The molecule has 4 heteroatoms. The Labute approximate surface area is 103 Å². The van der Waals surface area contributed by atoms with Crippen molar-refractivity contribution < 1.29 is 5.11 Å². The highest BCUT2D eigenvalue weighted by atomic mass is 16.3. The second kappa shape index (κ2) is 4.92. The van der Waals surface area contributed by atoms with Crippen LogP contribution in [0.4, 0.5) is 11.5 Å². The van der Waals surface area contributed by atoms with Crippen LogP contribution in [0.1, 0.15) is 26.7 Å². The van der Waals surface area contributed by atoms with Gasteiger partial charge in [0.05, 0.1) is 5.60 Å². The maximum atomic E-state index is 9.96. The Morgan fingerprint density at radius 3 is 3.06 bits per heavy atom. The van der Waals surface area contributed by atoms with Gasteiger partial charge in [-0.25, -0.2) is 4.98 Å². The van der Waals surface area contributed by atoms with E-state index in [9.17, 15) is 5.11 Å². The van der Waals surface area contributed by atoms with Gasteiger partial charge in [0.1, 0.15) is 5.82 Å². The maximum absolute atomic E-state index is 9.96. The molecule has 1 aliphatic heterocycles. The van der Waals surface area contributed by atoms with Gasteiger partial charge in [0.2, 0.25) is 0 Å². The van der Waals surface area contributed by atoms with E-state index in [0.717, 1.165) is 37.4 Å². The van der Waals surface area contributed by atoms with Crippen LogP contribution < -0.4 is 10.2 Å². The Bertz CT molecular complexity index is 379. The van der Waals surface area contributed by atoms with Crippen molar-refractivity contribution in [3.05, 3.63) is 18.3 Å². The standard InChI is InChI=1S/C13H21N3O/c1-3-6-14-12-9-11(4-7-15-12)16-8-5-13(2,17)10-16/h4,7,9,17H,3,5-6,8,10H2,1-2H3,(H,14,15). The third-order valence-electron chi connectivity index (χ3n) is 3.12. The fourth-order valence-corrected chi connectivity index (χ4v) is 2.13. The molecule has 0 saturated carbocycles. The van der Waals surface area contributed by atoms with Gasteiger partial charge in [-0.1, -0.05) is 6.92 Å². The molecule has 94 valence electrons. The molecule has 0 bridgehead atoms. The molecule has 2 N–H and O–H groups in total. The minimum Gasteiger partial charge on any atom is -0.388 e. The predicted molar refractivity (Wildman–Crippen MR) is 70.5 cm³/mol. The van der Waals surface area contributed by atoms with Gasteiger partial charge in [-0.15, -0.1) is 0 Å². The first-order valence-electron chi connectivity index (χ1n) is 6.28. The van der Waals surface area contributed by atoms with Gasteiger partial charge in [0.25, 0.3) is 0 Å². The molecule has 1 aromatic heterocycles. The van der Waals surface area contributed by atoms with Crippen molar-refractivity contribution in [1.29, 1.82) is 0 Å². The van der Waals surface area contributed by atoms with Crippen LogP contribution in [0.2, 0.25) is 0 Å². The average Bonchev–Trinajstić information content (AvgIpc) is 2.67. The first-order chi connectivity index (χ1) is 8.11. The molecule has 1 saturated heterocycles. The molecule has 1 aliphatic rings. The molecular formula is C13H21N3O. The van der Waals surface area contributed by atoms with Crippen LogP contribution in [0.15, 0.2) is 18.3 Å². The van der Waals surface area contributed by atoms with Gasteiger partial charge in [-0.3, -0.25) is 0 Å². The molecule has 0 amide bonds. The average molecular weight is 235 g/mol. The topological polar surface area (TPSA) is 48.4 Å². The van der Waals surface area contributed by atoms with Gasteiger partial charge in [-0.05, 0) is 25.8 Å². The lowest BCUT2D eigenvalue weighted by molar-refractivity contribution is 0.0839. The fourth-order valence-electron chi connectivity index (χ4n) is 2.13. The molecule has 2 rings (SSSR count). The second-order valence-electron chi connectivity index (χ2n) is 4.99. The molecule has 0 radical (unpaired) electrons. The zero-order chi connectivity index (χ0) is 12.3. The van der Waals surface area contributed by atoms with E-state index < -0.39 is 5.60 Å². The lowest BCUT2D eigenvalue weighted by atomic mass is 10.1. The van der Waals surface area contributed by atoms with E-state index in [4.69, 9.17) is 0 Å². The van der Waals surface area contributed by atoms with Gasteiger partial charge in [0.15, 0.2) is 0 Å². The van der Waals surface area contributed by atoms with Crippen LogP contribution in [0.5, 0.6) is 0 Å². The summed E-state index contributed by atoms with van der Waals surface area (Å²) in [6.45, 7) is 6.57. The number of aliphatic hydroxyl groups is 1. The van der Waals surface area contributed by atoms with Crippen LogP contribution in [0.25, 0.3) is 0 Å². The Balaban J connectivity index is 2.06. The smallest absolute Gasteiger partial charge is 0.127 e. The van der Waals surface area contributed by atoms with Crippen LogP contribution in [0, 0.1) is 0 Å². The van der Waals surface area contributed by atoms with Crippen molar-refractivity contribution in [2.45, 2.75) is 32.3 Å². The molecule has 17 heavy (non-hydrogen) atoms. The largest absolute Gasteiger partial charge is 0.388 e. The number of hydrogen-bond acceptors (Lipinski definition) is 4. The molecule has 1 atom stereocenters. The molecule has 0 aliphatic carbocycles. The summed E-state index contributed by atoms with van der Waals surface area (Å²) in [6, 6.07) is 4.05. The number of hydrogen-bond donors (Lipinski definition) is 2. The quantitative estimate of drug-likeness (QED) is 0.836. The highest BCUT2D eigenvalue weighted by molar-refractivity contribution is 5.54. The molecule has 0 spiro atoms. The zero-order valence-corrected chi connectivity index (χ0v) is 10.6. The Kier molecular flexibility index (Phi) is 3.52. The Morgan fingerprint density at radius 2 is 2.41 bits per heavy atom. The van der Waals surface area contributed by atoms with Gasteiger partial charge < -0.3 is 15.3 Å². The minimum atomic E-state index is -0.555. The van der Waals surface area contributed by atoms with Crippen LogP contribution in [-0.2, 0) is 0 Å². The summed E-state index contributed by atoms with van der Waals surface area (Å²) in [5, 5.41) is 13.2. The number of aromatic nitrogens is 1. The summed E-state index contributed by atoms with van der Waals surface area (Å²) in [5.74, 6) is 0.913. The SMILES string of the molecule is CCCNc1cc(N2CCC(C)(O)C2)ccn1. The predicted octanol–water partition coefficient (Wildman–Crippen LogP) is 1.86. The second-order valence-corrected chi connectivity index (χ2v) is 4.99. The van der Waals surface area contributed by atoms with E-state index in [1.54, 1.807) is 0 Å². The third kappa shape index (κ3) is 3.09. The zero-order valence-electron chi connectivity index (χ0n) is 10.6. The lowest BCUT2D eigenvalue weighted by Crippen LogP contribution is -2.29. The van der Waals surface area contributed by atoms with E-state index in [2.05, 4.69) is 28.2 Å². The van der Waals surface area contributed by atoms with Crippen molar-refractivity contribution in [2.24, 2.45) is 0 Å². The van der Waals surface area contributed by atoms with Crippen molar-refractivity contribution in [1.82, 2.24) is 4.98 Å². The van der Waals surface area contributed by atoms with E-state index in [1.165, 1.54) is 0 Å². The Morgan fingerprint density at radius 1 is 1.59 bits per heavy atom. The van der Waals surface area contributed by atoms with Crippen molar-refractivity contribution in [3.8, 4) is 0 Å². The van der Waals surface area contributed by atoms with Crippen molar-refractivity contribution in [2.75, 3.05) is 29.9 Å². The molecule has 1 aromatic rings. The first kappa shape index (κ1) is 12.2. The normalized spacial score (nSPS) is 24.1. The first-order valence-corrected chi connectivity index (χ1v) is 6.28.